The summed E-state index contributed by atoms with van der Waals surface area (Å²) in [5, 5.41) is 13.1. The van der Waals surface area contributed by atoms with Crippen LogP contribution in [0.1, 0.15) is 36.6 Å². The molecule has 2 aromatic carbocycles. The normalized spacial score (nSPS) is 12.3. The topological polar surface area (TPSA) is 32.3 Å². The number of rotatable bonds is 5. The second kappa shape index (κ2) is 6.53. The third-order valence-electron chi connectivity index (χ3n) is 3.50. The van der Waals surface area contributed by atoms with Gasteiger partial charge in [-0.3, -0.25) is 0 Å². The predicted octanol–water partition coefficient (Wildman–Crippen LogP) is 3.94. The van der Waals surface area contributed by atoms with Crippen LogP contribution in [0, 0.1) is 5.82 Å². The fourth-order valence-corrected chi connectivity index (χ4v) is 2.16. The van der Waals surface area contributed by atoms with Gasteiger partial charge >= 0.3 is 0 Å². The number of benzene rings is 2. The molecule has 0 bridgehead atoms. The molecule has 0 aliphatic carbocycles. The smallest absolute Gasteiger partial charge is 0.126 e. The van der Waals surface area contributed by atoms with Gasteiger partial charge in [0.1, 0.15) is 11.6 Å². The predicted molar refractivity (Wildman–Crippen MR) is 79.1 cm³/mol. The number of halogens is 1. The Morgan fingerprint density at radius 1 is 1.10 bits per heavy atom. The standard InChI is InChI=1S/C17H20FNO/c1-3-13-4-6-14(7-5-13)11-19-12(2)16-9-8-15(18)10-17(16)20/h4-10,12,19-20H,3,11H2,1-2H3. The van der Waals surface area contributed by atoms with E-state index in [4.69, 9.17) is 0 Å². The molecule has 20 heavy (non-hydrogen) atoms. The van der Waals surface area contributed by atoms with E-state index < -0.39 is 5.82 Å². The Bertz CT molecular complexity index is 566. The van der Waals surface area contributed by atoms with E-state index >= 15 is 0 Å². The van der Waals surface area contributed by atoms with Crippen molar-refractivity contribution in [2.45, 2.75) is 32.9 Å². The van der Waals surface area contributed by atoms with Crippen LogP contribution in [-0.4, -0.2) is 5.11 Å². The molecule has 0 saturated carbocycles. The Labute approximate surface area is 119 Å². The summed E-state index contributed by atoms with van der Waals surface area (Å²) in [5.41, 5.74) is 3.21. The number of hydrogen-bond acceptors (Lipinski definition) is 2. The van der Waals surface area contributed by atoms with Gasteiger partial charge < -0.3 is 10.4 Å². The van der Waals surface area contributed by atoms with E-state index in [1.54, 1.807) is 6.07 Å². The molecule has 0 amide bonds. The van der Waals surface area contributed by atoms with Crippen molar-refractivity contribution in [2.24, 2.45) is 0 Å². The van der Waals surface area contributed by atoms with Crippen molar-refractivity contribution in [3.05, 3.63) is 65.0 Å². The van der Waals surface area contributed by atoms with Gasteiger partial charge in [-0.15, -0.1) is 0 Å². The molecule has 0 heterocycles. The Hall–Kier alpha value is -1.87. The highest BCUT2D eigenvalue weighted by Crippen LogP contribution is 2.24. The van der Waals surface area contributed by atoms with Crippen molar-refractivity contribution in [1.29, 1.82) is 0 Å². The van der Waals surface area contributed by atoms with Crippen molar-refractivity contribution in [2.75, 3.05) is 0 Å². The van der Waals surface area contributed by atoms with E-state index in [9.17, 15) is 9.50 Å². The summed E-state index contributed by atoms with van der Waals surface area (Å²) in [5.74, 6) is -0.431. The van der Waals surface area contributed by atoms with Crippen LogP contribution in [-0.2, 0) is 13.0 Å². The van der Waals surface area contributed by atoms with Gasteiger partial charge in [0.15, 0.2) is 0 Å². The van der Waals surface area contributed by atoms with Crippen LogP contribution in [0.4, 0.5) is 4.39 Å². The molecule has 0 aromatic heterocycles. The van der Waals surface area contributed by atoms with Crippen LogP contribution >= 0.6 is 0 Å². The highest BCUT2D eigenvalue weighted by molar-refractivity contribution is 5.35. The monoisotopic (exact) mass is 273 g/mol. The van der Waals surface area contributed by atoms with Crippen molar-refractivity contribution >= 4 is 0 Å². The van der Waals surface area contributed by atoms with Crippen LogP contribution in [0.3, 0.4) is 0 Å². The second-order valence-corrected chi connectivity index (χ2v) is 4.98. The van der Waals surface area contributed by atoms with Gasteiger partial charge in [0.2, 0.25) is 0 Å². The fourth-order valence-electron chi connectivity index (χ4n) is 2.16. The SMILES string of the molecule is CCc1ccc(CNC(C)c2ccc(F)cc2O)cc1. The minimum absolute atomic E-state index is 0.00803. The van der Waals surface area contributed by atoms with Gasteiger partial charge in [-0.1, -0.05) is 37.3 Å². The Morgan fingerprint density at radius 3 is 2.35 bits per heavy atom. The van der Waals surface area contributed by atoms with Crippen molar-refractivity contribution in [3.63, 3.8) is 0 Å². The first-order valence-corrected chi connectivity index (χ1v) is 6.89. The number of hydrogen-bond donors (Lipinski definition) is 2. The van der Waals surface area contributed by atoms with Gasteiger partial charge in [-0.05, 0) is 30.5 Å². The second-order valence-electron chi connectivity index (χ2n) is 4.98. The lowest BCUT2D eigenvalue weighted by molar-refractivity contribution is 0.446. The summed E-state index contributed by atoms with van der Waals surface area (Å²) in [6.45, 7) is 4.79. The maximum Gasteiger partial charge on any atom is 0.126 e. The van der Waals surface area contributed by atoms with E-state index in [1.807, 2.05) is 6.92 Å². The molecular formula is C17H20FNO. The average molecular weight is 273 g/mol. The molecule has 0 saturated heterocycles. The van der Waals surface area contributed by atoms with Crippen LogP contribution in [0.5, 0.6) is 5.75 Å². The Kier molecular flexibility index (Phi) is 4.74. The summed E-state index contributed by atoms with van der Waals surface area (Å²) in [7, 11) is 0. The highest BCUT2D eigenvalue weighted by atomic mass is 19.1. The van der Waals surface area contributed by atoms with Gasteiger partial charge in [-0.25, -0.2) is 4.39 Å². The molecular weight excluding hydrogens is 253 g/mol. The molecule has 0 fully saturated rings. The van der Waals surface area contributed by atoms with Crippen LogP contribution in [0.2, 0.25) is 0 Å². The Morgan fingerprint density at radius 2 is 1.75 bits per heavy atom. The zero-order chi connectivity index (χ0) is 14.5. The van der Waals surface area contributed by atoms with Crippen LogP contribution in [0.25, 0.3) is 0 Å². The quantitative estimate of drug-likeness (QED) is 0.864. The van der Waals surface area contributed by atoms with Crippen LogP contribution in [0.15, 0.2) is 42.5 Å². The van der Waals surface area contributed by atoms with Gasteiger partial charge in [0.25, 0.3) is 0 Å². The summed E-state index contributed by atoms with van der Waals surface area (Å²) >= 11 is 0. The summed E-state index contributed by atoms with van der Waals surface area (Å²) in [6, 6.07) is 12.5. The summed E-state index contributed by atoms with van der Waals surface area (Å²) in [4.78, 5) is 0. The zero-order valence-corrected chi connectivity index (χ0v) is 11.9. The largest absolute Gasteiger partial charge is 0.508 e. The first kappa shape index (κ1) is 14.5. The number of phenols is 1. The molecule has 0 spiro atoms. The molecule has 1 unspecified atom stereocenters. The van der Waals surface area contributed by atoms with Crippen LogP contribution < -0.4 is 5.32 Å². The van der Waals surface area contributed by atoms with E-state index in [1.165, 1.54) is 17.2 Å². The van der Waals surface area contributed by atoms with Gasteiger partial charge in [-0.2, -0.15) is 0 Å². The zero-order valence-electron chi connectivity index (χ0n) is 11.9. The molecule has 1 atom stereocenters. The molecule has 0 aliphatic rings. The molecule has 0 radical (unpaired) electrons. The maximum atomic E-state index is 13.0. The number of nitrogens with one attached hydrogen (secondary N) is 1. The third kappa shape index (κ3) is 3.58. The van der Waals surface area contributed by atoms with Gasteiger partial charge in [0.05, 0.1) is 0 Å². The summed E-state index contributed by atoms with van der Waals surface area (Å²) in [6.07, 6.45) is 1.04. The molecule has 2 rings (SSSR count). The number of phenolic OH excluding ortho intramolecular Hbond substituents is 1. The molecule has 2 N–H and O–H groups in total. The molecule has 3 heteroatoms. The van der Waals surface area contributed by atoms with E-state index in [2.05, 4.69) is 36.5 Å². The molecule has 2 aromatic rings. The van der Waals surface area contributed by atoms with E-state index in [0.717, 1.165) is 12.5 Å². The summed E-state index contributed by atoms with van der Waals surface area (Å²) < 4.78 is 13.0. The van der Waals surface area contributed by atoms with E-state index in [-0.39, 0.29) is 11.8 Å². The first-order valence-electron chi connectivity index (χ1n) is 6.89. The lowest BCUT2D eigenvalue weighted by Crippen LogP contribution is -2.18. The average Bonchev–Trinajstić information content (AvgIpc) is 2.45. The minimum Gasteiger partial charge on any atom is -0.508 e. The lowest BCUT2D eigenvalue weighted by Gasteiger charge is -2.16. The lowest BCUT2D eigenvalue weighted by atomic mass is 10.1. The first-order chi connectivity index (χ1) is 9.60. The maximum absolute atomic E-state index is 13.0. The van der Waals surface area contributed by atoms with Crippen molar-refractivity contribution in [3.8, 4) is 5.75 Å². The van der Waals surface area contributed by atoms with E-state index in [0.29, 0.717) is 12.1 Å². The number of aromatic hydroxyl groups is 1. The molecule has 0 aliphatic heterocycles. The van der Waals surface area contributed by atoms with Crippen molar-refractivity contribution in [1.82, 2.24) is 5.32 Å². The minimum atomic E-state index is -0.423. The Balaban J connectivity index is 1.98. The van der Waals surface area contributed by atoms with Gasteiger partial charge in [0, 0.05) is 24.2 Å². The third-order valence-corrected chi connectivity index (χ3v) is 3.50. The molecule has 106 valence electrons. The van der Waals surface area contributed by atoms with Crippen molar-refractivity contribution < 1.29 is 9.50 Å². The number of aryl methyl sites for hydroxylation is 1. The fraction of sp³-hybridized carbons (Fsp3) is 0.294. The molecule has 2 nitrogen and oxygen atoms in total. The highest BCUT2D eigenvalue weighted by Gasteiger charge is 2.10.